The second kappa shape index (κ2) is 3.44. The van der Waals surface area contributed by atoms with E-state index in [-0.39, 0.29) is 0 Å². The molecule has 0 aromatic carbocycles. The highest BCUT2D eigenvalue weighted by atomic mass is 28.3. The molecule has 0 atom stereocenters. The van der Waals surface area contributed by atoms with E-state index >= 15 is 0 Å². The summed E-state index contributed by atoms with van der Waals surface area (Å²) >= 11 is 0. The molecule has 1 heterocycles. The van der Waals surface area contributed by atoms with Crippen molar-refractivity contribution >= 4 is 19.0 Å². The number of hydrogen-bond donors (Lipinski definition) is 0. The molecule has 1 saturated carbocycles. The second-order valence-electron chi connectivity index (χ2n) is 3.85. The fourth-order valence-electron chi connectivity index (χ4n) is 2.32. The molecule has 2 fully saturated rings. The van der Waals surface area contributed by atoms with E-state index in [1.165, 1.54) is 25.5 Å². The molecule has 0 amide bonds. The van der Waals surface area contributed by atoms with Gasteiger partial charge in [-0.3, -0.25) is 0 Å². The Bertz CT molecular complexity index is 102. The van der Waals surface area contributed by atoms with Crippen LogP contribution in [0.4, 0.5) is 0 Å². The predicted octanol–water partition coefficient (Wildman–Crippen LogP) is 2.72. The van der Waals surface area contributed by atoms with Crippen LogP contribution in [0.5, 0.6) is 0 Å². The molecule has 0 nitrogen and oxygen atoms in total. The van der Waals surface area contributed by atoms with Gasteiger partial charge in [0.25, 0.3) is 0 Å². The van der Waals surface area contributed by atoms with Crippen LogP contribution in [0.25, 0.3) is 0 Å². The first-order chi connectivity index (χ1) is 5.41. The first-order valence-electron chi connectivity index (χ1n) is 4.91. The van der Waals surface area contributed by atoms with Gasteiger partial charge in [0, 0.05) is 19.0 Å². The van der Waals surface area contributed by atoms with Crippen molar-refractivity contribution in [2.45, 2.75) is 55.3 Å². The zero-order chi connectivity index (χ0) is 7.57. The maximum Gasteiger partial charge on any atom is 0.0413 e. The average Bonchev–Trinajstić information content (AvgIpc) is 2.07. The molecule has 2 aliphatic rings. The van der Waals surface area contributed by atoms with Crippen molar-refractivity contribution in [3.05, 3.63) is 0 Å². The Kier molecular flexibility index (Phi) is 2.52. The van der Waals surface area contributed by atoms with Crippen molar-refractivity contribution in [1.29, 1.82) is 0 Å². The largest absolute Gasteiger partial charge is 0.0613 e. The highest BCUT2D eigenvalue weighted by Crippen LogP contribution is 2.44. The summed E-state index contributed by atoms with van der Waals surface area (Å²) in [6.07, 6.45) is 9.32. The molecule has 1 spiro atoms. The molecule has 1 saturated heterocycles. The summed E-state index contributed by atoms with van der Waals surface area (Å²) in [5.41, 5.74) is 0. The lowest BCUT2D eigenvalue weighted by atomic mass is 9.99. The van der Waals surface area contributed by atoms with Crippen molar-refractivity contribution in [3.8, 4) is 0 Å². The molecular formula is C9H16Si2. The van der Waals surface area contributed by atoms with Gasteiger partial charge in [-0.1, -0.05) is 50.6 Å². The van der Waals surface area contributed by atoms with E-state index in [0.29, 0.717) is 0 Å². The fourth-order valence-corrected chi connectivity index (χ4v) is 7.00. The molecule has 0 aromatic rings. The van der Waals surface area contributed by atoms with Gasteiger partial charge in [0.1, 0.15) is 0 Å². The van der Waals surface area contributed by atoms with E-state index in [1.54, 1.807) is 44.2 Å². The van der Waals surface area contributed by atoms with Crippen LogP contribution in [-0.4, -0.2) is 19.0 Å². The van der Waals surface area contributed by atoms with Gasteiger partial charge >= 0.3 is 0 Å². The smallest absolute Gasteiger partial charge is 0.0413 e. The van der Waals surface area contributed by atoms with Crippen LogP contribution >= 0.6 is 0 Å². The third-order valence-corrected chi connectivity index (χ3v) is 7.61. The number of hydrogen-bond acceptors (Lipinski definition) is 0. The Morgan fingerprint density at radius 3 is 2.00 bits per heavy atom. The Balaban J connectivity index is 1.94. The minimum absolute atomic E-state index is 0.913. The molecule has 0 unspecified atom stereocenters. The van der Waals surface area contributed by atoms with Gasteiger partial charge in [-0.15, -0.1) is 0 Å². The zero-order valence-corrected chi connectivity index (χ0v) is 9.16. The summed E-state index contributed by atoms with van der Waals surface area (Å²) in [6, 6.07) is 3.12. The van der Waals surface area contributed by atoms with E-state index in [0.717, 1.165) is 4.66 Å². The van der Waals surface area contributed by atoms with Crippen molar-refractivity contribution < 1.29 is 0 Å². The van der Waals surface area contributed by atoms with Crippen LogP contribution in [0.1, 0.15) is 38.5 Å². The summed E-state index contributed by atoms with van der Waals surface area (Å²) in [7, 11) is 2.67. The van der Waals surface area contributed by atoms with Crippen LogP contribution < -0.4 is 0 Å². The van der Waals surface area contributed by atoms with Crippen LogP contribution in [0.3, 0.4) is 0 Å². The summed E-state index contributed by atoms with van der Waals surface area (Å²) in [6.45, 7) is 0. The molecule has 60 valence electrons. The molecule has 0 bridgehead atoms. The SMILES string of the molecule is C1CCC2(CC1)[Si]CCC[Si]2. The molecule has 2 rings (SSSR count). The van der Waals surface area contributed by atoms with Crippen LogP contribution in [0.2, 0.25) is 16.7 Å². The van der Waals surface area contributed by atoms with Gasteiger partial charge in [0.05, 0.1) is 0 Å². The van der Waals surface area contributed by atoms with E-state index in [9.17, 15) is 0 Å². The third-order valence-electron chi connectivity index (χ3n) is 2.99. The normalized spacial score (nSPS) is 30.5. The summed E-state index contributed by atoms with van der Waals surface area (Å²) in [4.78, 5) is 0. The van der Waals surface area contributed by atoms with Crippen molar-refractivity contribution in [3.63, 3.8) is 0 Å². The highest BCUT2D eigenvalue weighted by Gasteiger charge is 2.33. The van der Waals surface area contributed by atoms with E-state index in [1.807, 2.05) is 0 Å². The third kappa shape index (κ3) is 1.78. The van der Waals surface area contributed by atoms with Crippen LogP contribution in [0.15, 0.2) is 0 Å². The maximum atomic E-state index is 1.59. The van der Waals surface area contributed by atoms with E-state index < -0.39 is 0 Å². The van der Waals surface area contributed by atoms with Gasteiger partial charge in [0.15, 0.2) is 0 Å². The molecule has 0 N–H and O–H groups in total. The fraction of sp³-hybridized carbons (Fsp3) is 1.00. The highest BCUT2D eigenvalue weighted by molar-refractivity contribution is 6.63. The molecule has 0 aromatic heterocycles. The predicted molar refractivity (Wildman–Crippen MR) is 51.5 cm³/mol. The minimum atomic E-state index is 0.913. The average molecular weight is 180 g/mol. The Morgan fingerprint density at radius 1 is 0.727 bits per heavy atom. The molecule has 1 aliphatic heterocycles. The monoisotopic (exact) mass is 180 g/mol. The molecule has 1 aliphatic carbocycles. The lowest BCUT2D eigenvalue weighted by molar-refractivity contribution is 0.456. The lowest BCUT2D eigenvalue weighted by Crippen LogP contribution is -2.32. The van der Waals surface area contributed by atoms with Gasteiger partial charge in [-0.05, 0) is 4.66 Å². The molecule has 2 heteroatoms. The summed E-state index contributed by atoms with van der Waals surface area (Å²) in [5.74, 6) is 0. The summed E-state index contributed by atoms with van der Waals surface area (Å²) in [5, 5.41) is 0. The lowest BCUT2D eigenvalue weighted by Gasteiger charge is -2.39. The molecule has 4 radical (unpaired) electrons. The Morgan fingerprint density at radius 2 is 1.36 bits per heavy atom. The van der Waals surface area contributed by atoms with Gasteiger partial charge in [0.2, 0.25) is 0 Å². The zero-order valence-electron chi connectivity index (χ0n) is 7.16. The topological polar surface area (TPSA) is 0 Å². The first kappa shape index (κ1) is 8.05. The Labute approximate surface area is 74.8 Å². The van der Waals surface area contributed by atoms with Crippen LogP contribution in [0, 0.1) is 0 Å². The van der Waals surface area contributed by atoms with Gasteiger partial charge < -0.3 is 0 Å². The minimum Gasteiger partial charge on any atom is -0.0613 e. The quantitative estimate of drug-likeness (QED) is 0.503. The van der Waals surface area contributed by atoms with E-state index in [4.69, 9.17) is 0 Å². The molecule has 11 heavy (non-hydrogen) atoms. The Hall–Kier alpha value is 0.434. The number of rotatable bonds is 0. The van der Waals surface area contributed by atoms with E-state index in [2.05, 4.69) is 0 Å². The standard InChI is InChI=1S/C9H16Si2/c1-2-5-9(6-3-1)10-7-4-8-11-9/h1-8H2. The van der Waals surface area contributed by atoms with Crippen molar-refractivity contribution in [1.82, 2.24) is 0 Å². The first-order valence-corrected chi connectivity index (χ1v) is 7.33. The van der Waals surface area contributed by atoms with Crippen LogP contribution in [-0.2, 0) is 0 Å². The van der Waals surface area contributed by atoms with Gasteiger partial charge in [-0.2, -0.15) is 0 Å². The van der Waals surface area contributed by atoms with Gasteiger partial charge in [-0.25, -0.2) is 0 Å². The second-order valence-corrected chi connectivity index (χ2v) is 7.97. The van der Waals surface area contributed by atoms with Crippen molar-refractivity contribution in [2.24, 2.45) is 0 Å². The maximum absolute atomic E-state index is 1.59. The molecular weight excluding hydrogens is 164 g/mol. The van der Waals surface area contributed by atoms with Crippen molar-refractivity contribution in [2.75, 3.05) is 0 Å². The summed E-state index contributed by atoms with van der Waals surface area (Å²) < 4.78 is 0.913.